The van der Waals surface area contributed by atoms with E-state index in [1.54, 1.807) is 36.3 Å². The van der Waals surface area contributed by atoms with Crippen molar-refractivity contribution in [1.29, 1.82) is 0 Å². The van der Waals surface area contributed by atoms with Crippen molar-refractivity contribution in [3.8, 4) is 0 Å². The second-order valence-electron chi connectivity index (χ2n) is 4.60. The van der Waals surface area contributed by atoms with E-state index in [0.29, 0.717) is 17.9 Å². The highest BCUT2D eigenvalue weighted by atomic mass is 32.2. The summed E-state index contributed by atoms with van der Waals surface area (Å²) in [4.78, 5) is 4.05. The smallest absolute Gasteiger partial charge is 0.244 e. The fourth-order valence-corrected chi connectivity index (χ4v) is 2.93. The standard InChI is InChI=1S/C13H19N5O2S/c1-3-6-15-12-4-7-14-10-13(12)21(19,20)16-9-11-5-8-18(2)17-11/h4-5,7-8,10,16H,3,6,9H2,1-2H3,(H,14,15). The summed E-state index contributed by atoms with van der Waals surface area (Å²) in [5.41, 5.74) is 1.22. The lowest BCUT2D eigenvalue weighted by Gasteiger charge is -2.11. The lowest BCUT2D eigenvalue weighted by atomic mass is 10.4. The molecule has 0 aliphatic heterocycles. The summed E-state index contributed by atoms with van der Waals surface area (Å²) in [5, 5.41) is 7.23. The first-order valence-electron chi connectivity index (χ1n) is 6.69. The van der Waals surface area contributed by atoms with Gasteiger partial charge in [0.05, 0.1) is 17.9 Å². The maximum Gasteiger partial charge on any atom is 0.244 e. The highest BCUT2D eigenvalue weighted by Gasteiger charge is 2.18. The van der Waals surface area contributed by atoms with Crippen LogP contribution >= 0.6 is 0 Å². The molecule has 0 amide bonds. The molecule has 0 fully saturated rings. The highest BCUT2D eigenvalue weighted by Crippen LogP contribution is 2.19. The molecule has 7 nitrogen and oxygen atoms in total. The maximum absolute atomic E-state index is 12.4. The molecular weight excluding hydrogens is 290 g/mol. The first-order chi connectivity index (χ1) is 10.0. The van der Waals surface area contributed by atoms with Crippen LogP contribution in [-0.4, -0.2) is 29.7 Å². The summed E-state index contributed by atoms with van der Waals surface area (Å²) in [6, 6.07) is 3.42. The van der Waals surface area contributed by atoms with Crippen LogP contribution in [0.15, 0.2) is 35.6 Å². The Hall–Kier alpha value is -1.93. The van der Waals surface area contributed by atoms with Gasteiger partial charge in [-0.1, -0.05) is 6.92 Å². The fraction of sp³-hybridized carbons (Fsp3) is 0.385. The number of rotatable bonds is 7. The average Bonchev–Trinajstić information content (AvgIpc) is 2.89. The van der Waals surface area contributed by atoms with Gasteiger partial charge in [-0.3, -0.25) is 9.67 Å². The zero-order valence-electron chi connectivity index (χ0n) is 12.1. The van der Waals surface area contributed by atoms with Crippen LogP contribution in [0.4, 0.5) is 5.69 Å². The summed E-state index contributed by atoms with van der Waals surface area (Å²) in [5.74, 6) is 0. The molecule has 0 unspecified atom stereocenters. The van der Waals surface area contributed by atoms with Crippen molar-refractivity contribution in [3.63, 3.8) is 0 Å². The van der Waals surface area contributed by atoms with Crippen molar-refractivity contribution in [3.05, 3.63) is 36.4 Å². The molecule has 2 aromatic rings. The van der Waals surface area contributed by atoms with Crippen LogP contribution in [0.1, 0.15) is 19.0 Å². The second-order valence-corrected chi connectivity index (χ2v) is 6.34. The van der Waals surface area contributed by atoms with Gasteiger partial charge in [0.15, 0.2) is 0 Å². The second kappa shape index (κ2) is 6.68. The van der Waals surface area contributed by atoms with Gasteiger partial charge >= 0.3 is 0 Å². The number of anilines is 1. The summed E-state index contributed by atoms with van der Waals surface area (Å²) < 4.78 is 28.9. The largest absolute Gasteiger partial charge is 0.384 e. The quantitative estimate of drug-likeness (QED) is 0.800. The molecule has 0 saturated carbocycles. The van der Waals surface area contributed by atoms with Crippen LogP contribution in [0.3, 0.4) is 0 Å². The van der Waals surface area contributed by atoms with Crippen molar-refractivity contribution in [2.75, 3.05) is 11.9 Å². The number of sulfonamides is 1. The molecule has 8 heteroatoms. The third-order valence-corrected chi connectivity index (χ3v) is 4.28. The van der Waals surface area contributed by atoms with E-state index in [1.165, 1.54) is 6.20 Å². The van der Waals surface area contributed by atoms with Gasteiger partial charge in [0.2, 0.25) is 10.0 Å². The van der Waals surface area contributed by atoms with Crippen LogP contribution in [0.5, 0.6) is 0 Å². The minimum absolute atomic E-state index is 0.144. The number of nitrogens with one attached hydrogen (secondary N) is 2. The van der Waals surface area contributed by atoms with E-state index in [0.717, 1.165) is 6.42 Å². The van der Waals surface area contributed by atoms with E-state index in [2.05, 4.69) is 20.1 Å². The Morgan fingerprint density at radius 3 is 2.81 bits per heavy atom. The van der Waals surface area contributed by atoms with Crippen LogP contribution in [-0.2, 0) is 23.6 Å². The van der Waals surface area contributed by atoms with Crippen molar-refractivity contribution in [1.82, 2.24) is 19.5 Å². The fourth-order valence-electron chi connectivity index (χ4n) is 1.80. The third kappa shape index (κ3) is 4.02. The van der Waals surface area contributed by atoms with Crippen LogP contribution < -0.4 is 10.0 Å². The first kappa shape index (κ1) is 15.5. The SMILES string of the molecule is CCCNc1ccncc1S(=O)(=O)NCc1ccn(C)n1. The van der Waals surface area contributed by atoms with Crippen molar-refractivity contribution < 1.29 is 8.42 Å². The van der Waals surface area contributed by atoms with Crippen LogP contribution in [0.2, 0.25) is 0 Å². The molecule has 0 aromatic carbocycles. The summed E-state index contributed by atoms with van der Waals surface area (Å²) in [6.07, 6.45) is 5.58. The summed E-state index contributed by atoms with van der Waals surface area (Å²) >= 11 is 0. The Morgan fingerprint density at radius 2 is 2.14 bits per heavy atom. The van der Waals surface area contributed by atoms with Crippen molar-refractivity contribution >= 4 is 15.7 Å². The molecule has 0 bridgehead atoms. The van der Waals surface area contributed by atoms with E-state index in [1.807, 2.05) is 6.92 Å². The molecule has 21 heavy (non-hydrogen) atoms. The molecule has 0 aliphatic rings. The number of aromatic nitrogens is 3. The lowest BCUT2D eigenvalue weighted by Crippen LogP contribution is -2.24. The van der Waals surface area contributed by atoms with Gasteiger partial charge in [0.25, 0.3) is 0 Å². The molecule has 2 N–H and O–H groups in total. The Balaban J connectivity index is 2.15. The highest BCUT2D eigenvalue weighted by molar-refractivity contribution is 7.89. The Morgan fingerprint density at radius 1 is 1.33 bits per heavy atom. The number of hydrogen-bond donors (Lipinski definition) is 2. The Kier molecular flexibility index (Phi) is 4.92. The van der Waals surface area contributed by atoms with Crippen LogP contribution in [0.25, 0.3) is 0 Å². The Bertz CT molecular complexity index is 696. The zero-order valence-corrected chi connectivity index (χ0v) is 12.9. The predicted octanol–water partition coefficient (Wildman–Crippen LogP) is 1.12. The van der Waals surface area contributed by atoms with Gasteiger partial charge in [-0.2, -0.15) is 5.10 Å². The van der Waals surface area contributed by atoms with Gasteiger partial charge in [0.1, 0.15) is 4.90 Å². The van der Waals surface area contributed by atoms with E-state index < -0.39 is 10.0 Å². The number of hydrogen-bond acceptors (Lipinski definition) is 5. The average molecular weight is 309 g/mol. The topological polar surface area (TPSA) is 88.9 Å². The molecule has 2 aromatic heterocycles. The van der Waals surface area contributed by atoms with E-state index >= 15 is 0 Å². The van der Waals surface area contributed by atoms with Crippen LogP contribution in [0, 0.1) is 0 Å². The monoisotopic (exact) mass is 309 g/mol. The van der Waals surface area contributed by atoms with Gasteiger partial charge < -0.3 is 5.32 Å². The van der Waals surface area contributed by atoms with Gasteiger partial charge in [-0.15, -0.1) is 0 Å². The molecule has 0 atom stereocenters. The molecule has 0 radical (unpaired) electrons. The van der Waals surface area contributed by atoms with Gasteiger partial charge in [-0.25, -0.2) is 13.1 Å². The predicted molar refractivity (Wildman–Crippen MR) is 80.3 cm³/mol. The van der Waals surface area contributed by atoms with E-state index in [9.17, 15) is 8.42 Å². The molecule has 114 valence electrons. The van der Waals surface area contributed by atoms with Crippen molar-refractivity contribution in [2.24, 2.45) is 7.05 Å². The molecule has 2 heterocycles. The Labute approximate surface area is 124 Å². The zero-order chi connectivity index (χ0) is 15.3. The minimum atomic E-state index is -3.63. The molecular formula is C13H19N5O2S. The summed E-state index contributed by atoms with van der Waals surface area (Å²) in [7, 11) is -1.85. The number of pyridine rings is 1. The summed E-state index contributed by atoms with van der Waals surface area (Å²) in [6.45, 7) is 2.86. The lowest BCUT2D eigenvalue weighted by molar-refractivity contribution is 0.579. The van der Waals surface area contributed by atoms with E-state index in [-0.39, 0.29) is 11.4 Å². The third-order valence-electron chi connectivity index (χ3n) is 2.85. The minimum Gasteiger partial charge on any atom is -0.384 e. The first-order valence-corrected chi connectivity index (χ1v) is 8.17. The molecule has 0 aliphatic carbocycles. The molecule has 0 spiro atoms. The van der Waals surface area contributed by atoms with E-state index in [4.69, 9.17) is 0 Å². The van der Waals surface area contributed by atoms with Crippen molar-refractivity contribution in [2.45, 2.75) is 24.8 Å². The number of nitrogens with zero attached hydrogens (tertiary/aromatic N) is 3. The molecule has 0 saturated heterocycles. The number of aryl methyl sites for hydroxylation is 1. The normalized spacial score (nSPS) is 11.5. The molecule has 2 rings (SSSR count). The van der Waals surface area contributed by atoms with Gasteiger partial charge in [0, 0.05) is 32.2 Å². The maximum atomic E-state index is 12.4. The van der Waals surface area contributed by atoms with Gasteiger partial charge in [-0.05, 0) is 18.6 Å².